The van der Waals surface area contributed by atoms with E-state index in [9.17, 15) is 9.90 Å². The Balaban J connectivity index is 1.73. The number of fused-ring (bicyclic) bond motifs is 1. The number of para-hydroxylation sites is 1. The zero-order valence-electron chi connectivity index (χ0n) is 14.3. The number of carboxylic acid groups (broad SMARTS) is 1. The summed E-state index contributed by atoms with van der Waals surface area (Å²) >= 11 is 1.34. The standard InChI is InChI=1S/C20H15N3O3S/c1-23-18(24)17(10-13-11-21-16-5-3-2-4-15(13)16)27-20(23)22-14-8-6-12(7-9-14)19(25)26/h2-11,24H,1H3,(H,25,26). The summed E-state index contributed by atoms with van der Waals surface area (Å²) in [6.07, 6.45) is 3.67. The predicted molar refractivity (Wildman–Crippen MR) is 106 cm³/mol. The van der Waals surface area contributed by atoms with Crippen LogP contribution in [0.3, 0.4) is 0 Å². The second-order valence-corrected chi connectivity index (χ2v) is 6.98. The van der Waals surface area contributed by atoms with Crippen LogP contribution in [-0.4, -0.2) is 27.0 Å². The summed E-state index contributed by atoms with van der Waals surface area (Å²) in [5, 5.41) is 19.4. The van der Waals surface area contributed by atoms with Gasteiger partial charge in [0.1, 0.15) is 0 Å². The third-order valence-corrected chi connectivity index (χ3v) is 5.28. The number of aromatic hydroxyl groups is 1. The first-order valence-corrected chi connectivity index (χ1v) is 8.96. The number of rotatable bonds is 3. The van der Waals surface area contributed by atoms with E-state index in [1.807, 2.05) is 30.3 Å². The highest BCUT2D eigenvalue weighted by Crippen LogP contribution is 2.34. The van der Waals surface area contributed by atoms with Gasteiger partial charge in [0.05, 0.1) is 21.8 Å². The van der Waals surface area contributed by atoms with Crippen molar-refractivity contribution >= 4 is 46.5 Å². The molecule has 7 heteroatoms. The molecule has 0 aliphatic carbocycles. The van der Waals surface area contributed by atoms with E-state index in [1.54, 1.807) is 30.0 Å². The molecule has 0 amide bonds. The Morgan fingerprint density at radius 3 is 2.67 bits per heavy atom. The fourth-order valence-corrected chi connectivity index (χ4v) is 3.73. The number of carboxylic acids is 1. The summed E-state index contributed by atoms with van der Waals surface area (Å²) in [5.74, 6) is -0.862. The topological polar surface area (TPSA) is 87.2 Å². The summed E-state index contributed by atoms with van der Waals surface area (Å²) in [4.78, 5) is 21.1. The molecule has 2 heterocycles. The number of nitrogens with zero attached hydrogens (tertiary/aromatic N) is 3. The van der Waals surface area contributed by atoms with Gasteiger partial charge in [-0.1, -0.05) is 29.5 Å². The van der Waals surface area contributed by atoms with E-state index in [0.29, 0.717) is 15.4 Å². The third kappa shape index (κ3) is 3.20. The van der Waals surface area contributed by atoms with E-state index in [4.69, 9.17) is 5.11 Å². The lowest BCUT2D eigenvalue weighted by atomic mass is 10.1. The highest BCUT2D eigenvalue weighted by atomic mass is 32.1. The Hall–Kier alpha value is -3.45. The number of carbonyl (C=O) groups is 1. The molecule has 3 aromatic rings. The van der Waals surface area contributed by atoms with Gasteiger partial charge in [-0.05, 0) is 36.4 Å². The fraction of sp³-hybridized carbons (Fsp3) is 0.0500. The van der Waals surface area contributed by atoms with E-state index >= 15 is 0 Å². The van der Waals surface area contributed by atoms with Crippen LogP contribution in [0, 0.1) is 0 Å². The number of aromatic carboxylic acids is 1. The lowest BCUT2D eigenvalue weighted by Crippen LogP contribution is -2.08. The average molecular weight is 377 g/mol. The number of aliphatic imine (C=N–C) groups is 1. The molecular formula is C20H15N3O3S. The van der Waals surface area contributed by atoms with Crippen molar-refractivity contribution in [2.24, 2.45) is 17.0 Å². The number of benzene rings is 2. The molecule has 0 radical (unpaired) electrons. The van der Waals surface area contributed by atoms with Gasteiger partial charge in [-0.3, -0.25) is 9.56 Å². The van der Waals surface area contributed by atoms with Crippen molar-refractivity contribution in [3.63, 3.8) is 0 Å². The first kappa shape index (κ1) is 17.0. The molecule has 27 heavy (non-hydrogen) atoms. The van der Waals surface area contributed by atoms with Gasteiger partial charge in [-0.15, -0.1) is 0 Å². The number of allylic oxidation sites excluding steroid dienone is 1. The van der Waals surface area contributed by atoms with Gasteiger partial charge in [-0.2, -0.15) is 0 Å². The van der Waals surface area contributed by atoms with Crippen LogP contribution in [0.15, 0.2) is 58.5 Å². The normalized spacial score (nSPS) is 14.7. The monoisotopic (exact) mass is 377 g/mol. The maximum Gasteiger partial charge on any atom is 0.335 e. The van der Waals surface area contributed by atoms with Crippen LogP contribution >= 0.6 is 11.3 Å². The van der Waals surface area contributed by atoms with Crippen LogP contribution in [0.4, 0.5) is 11.4 Å². The molecule has 2 aromatic carbocycles. The summed E-state index contributed by atoms with van der Waals surface area (Å²) in [5.41, 5.74) is 3.68. The minimum Gasteiger partial charge on any atom is -0.493 e. The van der Waals surface area contributed by atoms with E-state index in [2.05, 4.69) is 9.98 Å². The van der Waals surface area contributed by atoms with Crippen LogP contribution in [0.5, 0.6) is 5.88 Å². The molecule has 1 aliphatic rings. The fourth-order valence-electron chi connectivity index (χ4n) is 2.74. The number of hydrogen-bond donors (Lipinski definition) is 2. The van der Waals surface area contributed by atoms with Crippen molar-refractivity contribution in [2.45, 2.75) is 0 Å². The molecule has 1 aliphatic heterocycles. The van der Waals surface area contributed by atoms with E-state index in [1.165, 1.54) is 23.5 Å². The molecular weight excluding hydrogens is 362 g/mol. The Morgan fingerprint density at radius 1 is 1.19 bits per heavy atom. The van der Waals surface area contributed by atoms with Crippen molar-refractivity contribution in [3.05, 3.63) is 69.3 Å². The second-order valence-electron chi connectivity index (χ2n) is 5.97. The summed E-state index contributed by atoms with van der Waals surface area (Å²) in [7, 11) is 1.73. The molecule has 0 saturated carbocycles. The molecule has 2 N–H and O–H groups in total. The Labute approximate surface area is 158 Å². The van der Waals surface area contributed by atoms with Gasteiger partial charge in [0.15, 0.2) is 4.80 Å². The Bertz CT molecular complexity index is 1170. The van der Waals surface area contributed by atoms with Gasteiger partial charge >= 0.3 is 5.97 Å². The Morgan fingerprint density at radius 2 is 1.93 bits per heavy atom. The molecule has 134 valence electrons. The van der Waals surface area contributed by atoms with Gasteiger partial charge < -0.3 is 10.2 Å². The van der Waals surface area contributed by atoms with Gasteiger partial charge in [0, 0.05) is 24.4 Å². The highest BCUT2D eigenvalue weighted by Gasteiger charge is 2.14. The lowest BCUT2D eigenvalue weighted by molar-refractivity contribution is 0.0697. The van der Waals surface area contributed by atoms with Crippen molar-refractivity contribution in [1.82, 2.24) is 4.57 Å². The van der Waals surface area contributed by atoms with Crippen LogP contribution in [0.25, 0.3) is 11.6 Å². The quantitative estimate of drug-likeness (QED) is 0.724. The van der Waals surface area contributed by atoms with E-state index in [-0.39, 0.29) is 11.4 Å². The number of thiazole rings is 1. The summed E-state index contributed by atoms with van der Waals surface area (Å²) in [6, 6.07) is 14.1. The van der Waals surface area contributed by atoms with Crippen molar-refractivity contribution in [3.8, 4) is 5.88 Å². The first-order chi connectivity index (χ1) is 13.0. The largest absolute Gasteiger partial charge is 0.493 e. The maximum atomic E-state index is 10.9. The van der Waals surface area contributed by atoms with Crippen LogP contribution in [-0.2, 0) is 7.05 Å². The molecule has 0 unspecified atom stereocenters. The minimum atomic E-state index is -0.978. The molecule has 0 atom stereocenters. The third-order valence-electron chi connectivity index (χ3n) is 4.21. The molecule has 4 rings (SSSR count). The van der Waals surface area contributed by atoms with Crippen LogP contribution < -0.4 is 4.80 Å². The van der Waals surface area contributed by atoms with Crippen molar-refractivity contribution < 1.29 is 15.0 Å². The zero-order valence-corrected chi connectivity index (χ0v) is 15.1. The lowest BCUT2D eigenvalue weighted by Gasteiger charge is -1.98. The molecule has 0 spiro atoms. The van der Waals surface area contributed by atoms with Crippen LogP contribution in [0.1, 0.15) is 20.8 Å². The van der Waals surface area contributed by atoms with Crippen LogP contribution in [0.2, 0.25) is 0 Å². The highest BCUT2D eigenvalue weighted by molar-refractivity contribution is 7.10. The maximum absolute atomic E-state index is 10.9. The molecule has 6 nitrogen and oxygen atoms in total. The molecule has 1 aromatic heterocycles. The van der Waals surface area contributed by atoms with Gasteiger partial charge in [0.25, 0.3) is 0 Å². The van der Waals surface area contributed by atoms with E-state index in [0.717, 1.165) is 16.8 Å². The molecule has 0 fully saturated rings. The zero-order chi connectivity index (χ0) is 19.0. The first-order valence-electron chi connectivity index (χ1n) is 8.15. The van der Waals surface area contributed by atoms with Crippen molar-refractivity contribution in [1.29, 1.82) is 0 Å². The number of hydrogen-bond acceptors (Lipinski definition) is 5. The smallest absolute Gasteiger partial charge is 0.335 e. The Kier molecular flexibility index (Phi) is 4.21. The van der Waals surface area contributed by atoms with Crippen molar-refractivity contribution in [2.75, 3.05) is 0 Å². The van der Waals surface area contributed by atoms with Gasteiger partial charge in [0.2, 0.25) is 5.88 Å². The number of aromatic nitrogens is 1. The molecule has 0 bridgehead atoms. The summed E-state index contributed by atoms with van der Waals surface area (Å²) < 4.78 is 1.60. The molecule has 0 saturated heterocycles. The average Bonchev–Trinajstić information content (AvgIpc) is 3.19. The SMILES string of the molecule is Cn1c(O)c(C=C2C=Nc3ccccc32)sc1=Nc1ccc(C(=O)O)cc1. The van der Waals surface area contributed by atoms with E-state index < -0.39 is 5.97 Å². The summed E-state index contributed by atoms with van der Waals surface area (Å²) in [6.45, 7) is 0. The predicted octanol–water partition coefficient (Wildman–Crippen LogP) is 3.98. The minimum absolute atomic E-state index is 0.117. The van der Waals surface area contributed by atoms with Gasteiger partial charge in [-0.25, -0.2) is 9.79 Å². The second kappa shape index (κ2) is 6.69.